The summed E-state index contributed by atoms with van der Waals surface area (Å²) in [6.07, 6.45) is 0.884. The first-order valence-electron chi connectivity index (χ1n) is 10.3. The molecule has 1 amide bonds. The second-order valence-corrected chi connectivity index (χ2v) is 9.51. The van der Waals surface area contributed by atoms with Crippen LogP contribution in [0.4, 0.5) is 11.4 Å². The number of sulfonamides is 1. The van der Waals surface area contributed by atoms with Crippen LogP contribution in [-0.2, 0) is 21.2 Å². The molecule has 0 saturated carbocycles. The number of rotatable bonds is 8. The number of nitriles is 1. The Bertz CT molecular complexity index is 1240. The van der Waals surface area contributed by atoms with Crippen molar-refractivity contribution in [3.05, 3.63) is 82.9 Å². The number of carbonyl (C=O) groups is 1. The lowest BCUT2D eigenvalue weighted by Crippen LogP contribution is -2.38. The van der Waals surface area contributed by atoms with Crippen LogP contribution in [0, 0.1) is 18.8 Å². The zero-order chi connectivity index (χ0) is 25.3. The Hall–Kier alpha value is -3.54. The smallest absolute Gasteiger partial charge is 0.264 e. The number of benzene rings is 3. The van der Waals surface area contributed by atoms with E-state index in [1.807, 2.05) is 26.0 Å². The number of nitrogens with one attached hydrogen (secondary N) is 1. The van der Waals surface area contributed by atoms with Crippen molar-refractivity contribution >= 4 is 38.9 Å². The highest BCUT2D eigenvalue weighted by Crippen LogP contribution is 2.32. The van der Waals surface area contributed by atoms with Gasteiger partial charge < -0.3 is 10.1 Å². The van der Waals surface area contributed by atoms with Gasteiger partial charge in [-0.3, -0.25) is 9.10 Å². The molecule has 0 heterocycles. The lowest BCUT2D eigenvalue weighted by atomic mass is 10.1. The molecular weight excluding hydrogens is 474 g/mol. The molecule has 3 aromatic rings. The van der Waals surface area contributed by atoms with Crippen molar-refractivity contribution in [3.63, 3.8) is 0 Å². The topological polar surface area (TPSA) is 99.5 Å². The molecule has 1 N–H and O–H groups in total. The van der Waals surface area contributed by atoms with Crippen molar-refractivity contribution in [2.75, 3.05) is 23.3 Å². The zero-order valence-corrected chi connectivity index (χ0v) is 20.7. The van der Waals surface area contributed by atoms with Gasteiger partial charge in [0.05, 0.1) is 22.7 Å². The molecule has 3 aromatic carbocycles. The molecule has 3 rings (SSSR count). The Balaban J connectivity index is 0.00000199. The minimum atomic E-state index is -4.03. The lowest BCUT2D eigenvalue weighted by Gasteiger charge is -2.24. The fourth-order valence-corrected chi connectivity index (χ4v) is 4.78. The number of methoxy groups -OCH3 is 1. The molecule has 0 saturated heterocycles. The van der Waals surface area contributed by atoms with E-state index in [1.165, 1.54) is 25.3 Å². The van der Waals surface area contributed by atoms with Crippen molar-refractivity contribution in [3.8, 4) is 12.3 Å². The molecule has 0 fully saturated rings. The van der Waals surface area contributed by atoms with Gasteiger partial charge in [-0.25, -0.2) is 13.7 Å². The van der Waals surface area contributed by atoms with Crippen molar-refractivity contribution in [2.45, 2.75) is 25.2 Å². The van der Waals surface area contributed by atoms with E-state index >= 15 is 0 Å². The van der Waals surface area contributed by atoms with E-state index < -0.39 is 22.5 Å². The number of hydrogen-bond acceptors (Lipinski definition) is 5. The summed E-state index contributed by atoms with van der Waals surface area (Å²) in [4.78, 5) is 12.9. The van der Waals surface area contributed by atoms with Crippen molar-refractivity contribution < 1.29 is 17.9 Å². The van der Waals surface area contributed by atoms with Gasteiger partial charge in [-0.15, -0.1) is 0 Å². The van der Waals surface area contributed by atoms with Crippen LogP contribution in [0.3, 0.4) is 0 Å². The van der Waals surface area contributed by atoms with Crippen molar-refractivity contribution in [2.24, 2.45) is 0 Å². The number of amides is 1. The van der Waals surface area contributed by atoms with Crippen molar-refractivity contribution in [1.82, 2.24) is 0 Å². The van der Waals surface area contributed by atoms with Gasteiger partial charge in [0.1, 0.15) is 12.3 Å². The fourth-order valence-electron chi connectivity index (χ4n) is 3.12. The minimum Gasteiger partial charge on any atom is -0.495 e. The van der Waals surface area contributed by atoms with Crippen LogP contribution in [0.25, 0.3) is 0 Å². The van der Waals surface area contributed by atoms with E-state index in [4.69, 9.17) is 21.6 Å². The van der Waals surface area contributed by atoms with Crippen LogP contribution in [0.1, 0.15) is 18.1 Å². The second kappa shape index (κ2) is 12.1. The third-order valence-corrected chi connectivity index (χ3v) is 7.05. The summed E-state index contributed by atoms with van der Waals surface area (Å²) in [5, 5.41) is 9.50. The SMILES string of the molecule is C#N.CCc1ccc(NC(=O)CN(c2ccc(OC)c(Cl)c2)S(=O)(=O)c2ccc(C)cc2)cc1. The van der Waals surface area contributed by atoms with Gasteiger partial charge in [0.25, 0.3) is 10.0 Å². The average molecular weight is 500 g/mol. The Labute approximate surface area is 205 Å². The largest absolute Gasteiger partial charge is 0.495 e. The predicted molar refractivity (Wildman–Crippen MR) is 135 cm³/mol. The number of aryl methyl sites for hydroxylation is 2. The Morgan fingerprint density at radius 1 is 1.06 bits per heavy atom. The van der Waals surface area contributed by atoms with E-state index in [0.29, 0.717) is 11.4 Å². The average Bonchev–Trinajstić information content (AvgIpc) is 2.84. The summed E-state index contributed by atoms with van der Waals surface area (Å²) < 4.78 is 33.1. The zero-order valence-electron chi connectivity index (χ0n) is 19.2. The molecule has 0 bridgehead atoms. The van der Waals surface area contributed by atoms with E-state index in [9.17, 15) is 13.2 Å². The molecule has 9 heteroatoms. The maximum absolute atomic E-state index is 13.5. The van der Waals surface area contributed by atoms with Crippen LogP contribution < -0.4 is 14.4 Å². The number of ether oxygens (including phenoxy) is 1. The maximum atomic E-state index is 13.5. The highest BCUT2D eigenvalue weighted by Gasteiger charge is 2.28. The van der Waals surface area contributed by atoms with E-state index in [0.717, 1.165) is 21.9 Å². The number of hydrogen-bond donors (Lipinski definition) is 1. The molecule has 178 valence electrons. The maximum Gasteiger partial charge on any atom is 0.264 e. The van der Waals surface area contributed by atoms with Gasteiger partial charge in [-0.2, -0.15) is 0 Å². The molecular formula is C25H26ClN3O4S. The highest BCUT2D eigenvalue weighted by molar-refractivity contribution is 7.92. The van der Waals surface area contributed by atoms with Crippen LogP contribution in [0.5, 0.6) is 5.75 Å². The molecule has 0 aromatic heterocycles. The number of anilines is 2. The monoisotopic (exact) mass is 499 g/mol. The first-order valence-corrected chi connectivity index (χ1v) is 12.1. The summed E-state index contributed by atoms with van der Waals surface area (Å²) in [5.74, 6) is -0.0690. The predicted octanol–water partition coefficient (Wildman–Crippen LogP) is 5.19. The third-order valence-electron chi connectivity index (χ3n) is 4.97. The Morgan fingerprint density at radius 3 is 2.21 bits per heavy atom. The minimum absolute atomic E-state index is 0.0788. The molecule has 0 unspecified atom stereocenters. The second-order valence-electron chi connectivity index (χ2n) is 7.24. The Morgan fingerprint density at radius 2 is 1.68 bits per heavy atom. The first-order chi connectivity index (χ1) is 16.2. The van der Waals surface area contributed by atoms with Crippen LogP contribution in [0.2, 0.25) is 5.02 Å². The van der Waals surface area contributed by atoms with Gasteiger partial charge in [-0.1, -0.05) is 48.4 Å². The van der Waals surface area contributed by atoms with Gasteiger partial charge in [0.2, 0.25) is 5.91 Å². The van der Waals surface area contributed by atoms with Gasteiger partial charge in [0, 0.05) is 12.3 Å². The van der Waals surface area contributed by atoms with Crippen LogP contribution in [-0.4, -0.2) is 28.0 Å². The highest BCUT2D eigenvalue weighted by atomic mass is 35.5. The van der Waals surface area contributed by atoms with Gasteiger partial charge >= 0.3 is 0 Å². The fraction of sp³-hybridized carbons (Fsp3) is 0.200. The first kappa shape index (κ1) is 26.7. The normalized spacial score (nSPS) is 10.5. The van der Waals surface area contributed by atoms with Crippen LogP contribution in [0.15, 0.2) is 71.6 Å². The summed E-state index contributed by atoms with van der Waals surface area (Å²) in [6, 6.07) is 18.5. The molecule has 0 aliphatic rings. The van der Waals surface area contributed by atoms with E-state index in [1.54, 1.807) is 36.4 Å². The molecule has 0 atom stereocenters. The molecule has 0 spiro atoms. The number of halogens is 1. The van der Waals surface area contributed by atoms with Crippen LogP contribution >= 0.6 is 11.6 Å². The summed E-state index contributed by atoms with van der Waals surface area (Å²) >= 11 is 6.24. The standard InChI is InChI=1S/C24H25ClN2O4S.CHN/c1-4-18-7-9-19(10-8-18)26-24(28)16-27(20-11-14-23(31-3)22(25)15-20)32(29,30)21-12-5-17(2)6-13-21;1-2/h5-15H,4,16H2,1-3H3,(H,26,28);1H. The number of carbonyl (C=O) groups excluding carboxylic acids is 1. The molecule has 0 aliphatic heterocycles. The lowest BCUT2D eigenvalue weighted by molar-refractivity contribution is -0.114. The third kappa shape index (κ3) is 6.50. The van der Waals surface area contributed by atoms with E-state index in [2.05, 4.69) is 11.9 Å². The van der Waals surface area contributed by atoms with Crippen molar-refractivity contribution in [1.29, 1.82) is 5.26 Å². The summed E-state index contributed by atoms with van der Waals surface area (Å²) in [5.41, 5.74) is 2.91. The van der Waals surface area contributed by atoms with Gasteiger partial charge in [-0.05, 0) is 61.4 Å². The molecule has 34 heavy (non-hydrogen) atoms. The molecule has 0 radical (unpaired) electrons. The van der Waals surface area contributed by atoms with Gasteiger partial charge in [0.15, 0.2) is 0 Å². The molecule has 7 nitrogen and oxygen atoms in total. The summed E-state index contributed by atoms with van der Waals surface area (Å²) in [7, 11) is -2.56. The quantitative estimate of drug-likeness (QED) is 0.459. The summed E-state index contributed by atoms with van der Waals surface area (Å²) in [6.45, 7) is 6.99. The molecule has 0 aliphatic carbocycles. The Kier molecular flexibility index (Phi) is 9.48. The van der Waals surface area contributed by atoms with E-state index in [-0.39, 0.29) is 15.6 Å². The number of nitrogens with zero attached hydrogens (tertiary/aromatic N) is 2.